The molecule has 3 saturated heterocycles. The summed E-state index contributed by atoms with van der Waals surface area (Å²) in [5.74, 6) is 3.63. The molecule has 145 heavy (non-hydrogen) atoms. The summed E-state index contributed by atoms with van der Waals surface area (Å²) in [5, 5.41) is 157. The third-order valence-electron chi connectivity index (χ3n) is 21.9. The van der Waals surface area contributed by atoms with E-state index in [4.69, 9.17) is 108 Å². The third kappa shape index (κ3) is 65.2. The molecule has 3 fully saturated rings. The lowest BCUT2D eigenvalue weighted by atomic mass is 9.99. The summed E-state index contributed by atoms with van der Waals surface area (Å²) in [5.41, 5.74) is 18.9. The van der Waals surface area contributed by atoms with Crippen molar-refractivity contribution < 1.29 is 185 Å². The molecule has 0 bridgehead atoms. The molecular formula is C92H171N15O38. The fraction of sp³-hybridized carbons (Fsp3) is 0.837. The fourth-order valence-corrected chi connectivity index (χ4v) is 13.6. The van der Waals surface area contributed by atoms with Crippen molar-refractivity contribution in [3.8, 4) is 0 Å². The number of carbonyl (C=O) groups excluding carboxylic acids is 7. The number of ketones is 1. The van der Waals surface area contributed by atoms with Crippen molar-refractivity contribution in [1.82, 2.24) is 47.9 Å². The number of aliphatic imine (C=N–C) groups is 1. The number of nitrogens with zero attached hydrogens (tertiary/aromatic N) is 2. The summed E-state index contributed by atoms with van der Waals surface area (Å²) in [6, 6.07) is 0. The molecule has 6 unspecified atom stereocenters. The number of hydrazone groups is 1. The van der Waals surface area contributed by atoms with Gasteiger partial charge in [-0.1, -0.05) is 6.42 Å². The SMILES string of the molecule is NN=C(C=NCCCCCC(=O)NC(COCCC(=O)NCCCCC(=O)CC/C(N)=C/NCCOCCOCCOCCO[C@H]1OC(CO)[C@@H](O)[C@H](O)C1O)(COCCC(=O)NCCCNC(=O)CC/C(N)=C/NCCOCCOCCOCCO[C@H]1OC(CO)[C@@H](O)[C@H](O)C1O)COCCC(=O)NCCCNC(=O)CC/C(N)=C/NCCOCCOCCOCCO[C@H]1OC(CO)[C@@H](O)[C@H](O)C1O)CCCCO. The fourth-order valence-electron chi connectivity index (χ4n) is 13.6. The number of ether oxygens (including phenoxy) is 18. The summed E-state index contributed by atoms with van der Waals surface area (Å²) in [7, 11) is 0. The van der Waals surface area contributed by atoms with Gasteiger partial charge in [-0.25, -0.2) is 0 Å². The number of nitrogens with one attached hydrogen (secondary N) is 9. The Balaban J connectivity index is 1.46. The lowest BCUT2D eigenvalue weighted by molar-refractivity contribution is -0.302. The number of amides is 6. The van der Waals surface area contributed by atoms with Crippen LogP contribution in [0.5, 0.6) is 0 Å². The zero-order valence-electron chi connectivity index (χ0n) is 83.8. The normalized spacial score (nSPS) is 22.1. The van der Waals surface area contributed by atoms with Crippen molar-refractivity contribution in [1.29, 1.82) is 0 Å². The van der Waals surface area contributed by atoms with Gasteiger partial charge in [0.05, 0.1) is 204 Å². The number of nitrogens with two attached hydrogens (primary N) is 4. The summed E-state index contributed by atoms with van der Waals surface area (Å²) in [6.07, 6.45) is -7.24. The van der Waals surface area contributed by atoms with E-state index in [-0.39, 0.29) is 264 Å². The molecule has 30 N–H and O–H groups in total. The van der Waals surface area contributed by atoms with Gasteiger partial charge < -0.3 is 223 Å². The van der Waals surface area contributed by atoms with Crippen molar-refractivity contribution in [2.24, 2.45) is 33.1 Å². The van der Waals surface area contributed by atoms with E-state index in [1.807, 2.05) is 0 Å². The molecule has 6 amide bonds. The molecule has 0 saturated carbocycles. The second-order valence-electron chi connectivity index (χ2n) is 34.1. The van der Waals surface area contributed by atoms with Gasteiger partial charge in [0.1, 0.15) is 84.6 Å². The highest BCUT2D eigenvalue weighted by Gasteiger charge is 2.47. The Hall–Kier alpha value is -7.59. The summed E-state index contributed by atoms with van der Waals surface area (Å²) in [6.45, 7) is 5.31. The van der Waals surface area contributed by atoms with E-state index in [1.54, 1.807) is 24.8 Å². The van der Waals surface area contributed by atoms with Crippen molar-refractivity contribution in [3.05, 3.63) is 35.7 Å². The van der Waals surface area contributed by atoms with E-state index in [0.29, 0.717) is 179 Å². The molecular weight excluding hydrogens is 1920 g/mol. The van der Waals surface area contributed by atoms with E-state index >= 15 is 0 Å². The van der Waals surface area contributed by atoms with Crippen molar-refractivity contribution in [2.45, 2.75) is 232 Å². The van der Waals surface area contributed by atoms with Gasteiger partial charge in [0, 0.05) is 159 Å². The zero-order valence-corrected chi connectivity index (χ0v) is 83.8. The van der Waals surface area contributed by atoms with Crippen LogP contribution in [0.2, 0.25) is 0 Å². The minimum atomic E-state index is -1.54. The predicted molar refractivity (Wildman–Crippen MR) is 520 cm³/mol. The molecule has 53 heteroatoms. The number of allylic oxidation sites excluding steroid dienone is 3. The quantitative estimate of drug-likeness (QED) is 0.0116. The van der Waals surface area contributed by atoms with Crippen LogP contribution in [-0.4, -0.2) is 481 Å². The molecule has 0 aliphatic carbocycles. The molecule has 0 aromatic carbocycles. The molecule has 3 aliphatic heterocycles. The van der Waals surface area contributed by atoms with E-state index < -0.39 is 117 Å². The van der Waals surface area contributed by atoms with Crippen LogP contribution in [0.3, 0.4) is 0 Å². The maximum absolute atomic E-state index is 14.0. The Morgan fingerprint density at radius 1 is 0.297 bits per heavy atom. The number of carbonyl (C=O) groups is 7. The van der Waals surface area contributed by atoms with Crippen molar-refractivity contribution in [3.63, 3.8) is 0 Å². The minimum absolute atomic E-state index is 0.00424. The Kier molecular flexibility index (Phi) is 78.1. The zero-order chi connectivity index (χ0) is 106. The Labute approximate surface area is 847 Å². The summed E-state index contributed by atoms with van der Waals surface area (Å²) in [4.78, 5) is 96.2. The number of aliphatic hydroxyl groups is 13. The Morgan fingerprint density at radius 2 is 0.607 bits per heavy atom. The second-order valence-corrected chi connectivity index (χ2v) is 34.1. The van der Waals surface area contributed by atoms with Crippen molar-refractivity contribution in [2.75, 3.05) is 264 Å². The van der Waals surface area contributed by atoms with Crippen molar-refractivity contribution >= 4 is 53.2 Å². The van der Waals surface area contributed by atoms with Crippen LogP contribution in [0.1, 0.15) is 135 Å². The standard InChI is InChI=1S/C92H171N15O38/c93-66(56-98-28-35-128-38-41-131-44-47-134-50-53-140-89-86(125)83(122)80(119)71(60-109)143-89)13-16-70(112)11-3-6-23-101-76(115)19-32-137-63-92(106-79(118)12-2-1-5-22-97-59-69(107-96)10-4-7-31-108,64-138-33-20-77(116)104-26-8-24-102-74(113)17-14-67(94)57-99-29-36-129-39-42-132-45-48-135-51-54-141-90-87(126)84(123)81(120)72(61-110)144-90)65-139-34-21-78(117)105-27-9-25-103-75(114)18-15-68(95)58-100-30-37-130-40-43-133-46-49-136-52-55-142-91-88(127)85(124)82(121)73(62-111)145-91/h56-59,71-73,80-91,98-100,108-111,119-127H,1-55,60-65,93-96H2,(H,101,115)(H,102,113)(H,103,114)(H,104,116)(H,105,117)(H,106,118)/b66-56-,67-57-,68-58-,97-59?,107-69?/t71?,72?,73?,80-,81-,82-,83+,84+,85+,86?,87?,88?,89+,90+,91+,92?/m1/s1. The number of rotatable bonds is 94. The monoisotopic (exact) mass is 2090 g/mol. The molecule has 0 aromatic heterocycles. The van der Waals surface area contributed by atoms with Crippen LogP contribution < -0.4 is 70.9 Å². The van der Waals surface area contributed by atoms with E-state index in [2.05, 4.69) is 57.9 Å². The van der Waals surface area contributed by atoms with Crippen LogP contribution in [0.4, 0.5) is 0 Å². The molecule has 0 spiro atoms. The van der Waals surface area contributed by atoms with Gasteiger partial charge >= 0.3 is 0 Å². The van der Waals surface area contributed by atoms with Crippen LogP contribution in [-0.2, 0) is 119 Å². The van der Waals surface area contributed by atoms with Crippen LogP contribution in [0, 0.1) is 0 Å². The number of aliphatic hydroxyl groups excluding tert-OH is 13. The first-order valence-electron chi connectivity index (χ1n) is 50.0. The largest absolute Gasteiger partial charge is 0.401 e. The third-order valence-corrected chi connectivity index (χ3v) is 21.9. The second kappa shape index (κ2) is 86.1. The molecule has 0 radical (unpaired) electrons. The average molecular weight is 2100 g/mol. The molecule has 15 atom stereocenters. The molecule has 3 rings (SSSR count). The van der Waals surface area contributed by atoms with Gasteiger partial charge in [0.2, 0.25) is 35.4 Å². The molecule has 3 heterocycles. The van der Waals surface area contributed by atoms with Gasteiger partial charge in [0.15, 0.2) is 18.9 Å². The van der Waals surface area contributed by atoms with Gasteiger partial charge in [-0.05, 0) is 77.0 Å². The first-order chi connectivity index (χ1) is 70.2. The summed E-state index contributed by atoms with van der Waals surface area (Å²) >= 11 is 0. The van der Waals surface area contributed by atoms with E-state index in [0.717, 1.165) is 0 Å². The lowest BCUT2D eigenvalue weighted by Gasteiger charge is -2.39. The number of Topliss-reactive ketones (excluding diaryl/α,β-unsaturated/α-hetero) is 1. The van der Waals surface area contributed by atoms with Gasteiger partial charge in [-0.3, -0.25) is 38.6 Å². The number of unbranched alkanes of at least 4 members (excludes halogenated alkanes) is 4. The molecule has 53 nitrogen and oxygen atoms in total. The predicted octanol–water partition coefficient (Wildman–Crippen LogP) is -8.62. The number of hydrogen-bond donors (Lipinski definition) is 26. The lowest BCUT2D eigenvalue weighted by Crippen LogP contribution is -2.59. The Morgan fingerprint density at radius 3 is 0.945 bits per heavy atom. The number of hydrogen-bond acceptors (Lipinski definition) is 47. The highest BCUT2D eigenvalue weighted by molar-refractivity contribution is 6.30. The maximum atomic E-state index is 14.0. The first kappa shape index (κ1) is 132. The Bertz CT molecular complexity index is 3210. The average Bonchev–Trinajstić information content (AvgIpc) is 0.827. The smallest absolute Gasteiger partial charge is 0.222 e. The maximum Gasteiger partial charge on any atom is 0.222 e. The van der Waals surface area contributed by atoms with Gasteiger partial charge in [0.25, 0.3) is 0 Å². The van der Waals surface area contributed by atoms with Crippen LogP contribution in [0.15, 0.2) is 45.8 Å². The molecule has 0 aromatic rings. The summed E-state index contributed by atoms with van der Waals surface area (Å²) < 4.78 is 99.9. The van der Waals surface area contributed by atoms with Crippen LogP contribution >= 0.6 is 0 Å². The molecule has 842 valence electrons. The first-order valence-corrected chi connectivity index (χ1v) is 50.0. The molecule has 3 aliphatic rings. The van der Waals surface area contributed by atoms with Gasteiger partial charge in [-0.15, -0.1) is 0 Å². The highest BCUT2D eigenvalue weighted by atomic mass is 16.7. The minimum Gasteiger partial charge on any atom is -0.401 e. The van der Waals surface area contributed by atoms with E-state index in [1.165, 1.54) is 0 Å². The van der Waals surface area contributed by atoms with Crippen LogP contribution in [0.25, 0.3) is 0 Å². The highest BCUT2D eigenvalue weighted by Crippen LogP contribution is 2.25. The topological polar surface area (TPSA) is 786 Å². The van der Waals surface area contributed by atoms with E-state index in [9.17, 15) is 99.9 Å². The van der Waals surface area contributed by atoms with Gasteiger partial charge in [-0.2, -0.15) is 5.10 Å².